The molecule has 0 saturated carbocycles. The van der Waals surface area contributed by atoms with Gasteiger partial charge in [0.15, 0.2) is 0 Å². The van der Waals surface area contributed by atoms with Crippen LogP contribution in [0.2, 0.25) is 0 Å². The van der Waals surface area contributed by atoms with Crippen molar-refractivity contribution in [3.63, 3.8) is 0 Å². The van der Waals surface area contributed by atoms with Crippen LogP contribution in [0.5, 0.6) is 0 Å². The van der Waals surface area contributed by atoms with Crippen LogP contribution in [0.25, 0.3) is 0 Å². The summed E-state index contributed by atoms with van der Waals surface area (Å²) in [6.45, 7) is 5.43. The topological polar surface area (TPSA) is 92.8 Å². The molecule has 1 aliphatic carbocycles. The van der Waals surface area contributed by atoms with Gasteiger partial charge < -0.3 is 10.1 Å². The van der Waals surface area contributed by atoms with E-state index >= 15 is 0 Å². The Hall–Kier alpha value is -3.17. The largest absolute Gasteiger partial charge is 0.462 e. The number of carbonyl (C=O) groups excluding carboxylic acids is 2. The third-order valence-corrected chi connectivity index (χ3v) is 9.43. The van der Waals surface area contributed by atoms with Gasteiger partial charge >= 0.3 is 5.97 Å². The molecule has 2 aromatic carbocycles. The Kier molecular flexibility index (Phi) is 8.34. The Morgan fingerprint density at radius 1 is 1.00 bits per heavy atom. The first-order valence-corrected chi connectivity index (χ1v) is 14.8. The minimum atomic E-state index is -4.03. The lowest BCUT2D eigenvalue weighted by atomic mass is 9.95. The molecule has 1 amide bonds. The molecule has 0 atom stereocenters. The summed E-state index contributed by atoms with van der Waals surface area (Å²) in [6, 6.07) is 13.7. The highest BCUT2D eigenvalue weighted by Crippen LogP contribution is 2.38. The second-order valence-electron chi connectivity index (χ2n) is 9.03. The van der Waals surface area contributed by atoms with Gasteiger partial charge in [-0.2, -0.15) is 0 Å². The quantitative estimate of drug-likeness (QED) is 0.362. The summed E-state index contributed by atoms with van der Waals surface area (Å²) < 4.78 is 33.8. The fourth-order valence-corrected chi connectivity index (χ4v) is 7.13. The van der Waals surface area contributed by atoms with Crippen molar-refractivity contribution < 1.29 is 22.7 Å². The number of ether oxygens (including phenoxy) is 1. The van der Waals surface area contributed by atoms with Gasteiger partial charge in [-0.3, -0.25) is 9.10 Å². The van der Waals surface area contributed by atoms with Gasteiger partial charge in [0, 0.05) is 4.88 Å². The zero-order chi connectivity index (χ0) is 26.6. The number of carbonyl (C=O) groups is 2. The zero-order valence-corrected chi connectivity index (χ0v) is 23.0. The number of hydrogen-bond acceptors (Lipinski definition) is 6. The summed E-state index contributed by atoms with van der Waals surface area (Å²) >= 11 is 1.38. The predicted octanol–water partition coefficient (Wildman–Crippen LogP) is 5.51. The van der Waals surface area contributed by atoms with Gasteiger partial charge in [0.2, 0.25) is 5.91 Å². The summed E-state index contributed by atoms with van der Waals surface area (Å²) in [6.07, 6.45) is 4.41. The van der Waals surface area contributed by atoms with Crippen molar-refractivity contribution in [1.29, 1.82) is 0 Å². The summed E-state index contributed by atoms with van der Waals surface area (Å²) in [5.41, 5.74) is 3.72. The highest BCUT2D eigenvalue weighted by Gasteiger charge is 2.30. The van der Waals surface area contributed by atoms with Crippen LogP contribution in [-0.4, -0.2) is 33.4 Å². The minimum Gasteiger partial charge on any atom is -0.462 e. The van der Waals surface area contributed by atoms with Crippen LogP contribution in [0.3, 0.4) is 0 Å². The summed E-state index contributed by atoms with van der Waals surface area (Å²) in [5, 5.41) is 3.26. The van der Waals surface area contributed by atoms with Crippen LogP contribution >= 0.6 is 11.3 Å². The molecule has 3 aromatic rings. The normalized spacial score (nSPS) is 13.1. The number of benzene rings is 2. The fourth-order valence-electron chi connectivity index (χ4n) is 4.42. The van der Waals surface area contributed by atoms with Crippen molar-refractivity contribution in [3.8, 4) is 0 Å². The second kappa shape index (κ2) is 11.5. The number of sulfonamides is 1. The molecule has 37 heavy (non-hydrogen) atoms. The second-order valence-corrected chi connectivity index (χ2v) is 12.0. The van der Waals surface area contributed by atoms with Crippen LogP contribution in [0.4, 0.5) is 10.7 Å². The van der Waals surface area contributed by atoms with Crippen molar-refractivity contribution in [1.82, 2.24) is 0 Å². The number of nitrogens with zero attached hydrogens (tertiary/aromatic N) is 1. The van der Waals surface area contributed by atoms with E-state index in [4.69, 9.17) is 4.74 Å². The maximum absolute atomic E-state index is 13.7. The Labute approximate surface area is 222 Å². The molecule has 0 radical (unpaired) electrons. The molecule has 0 unspecified atom stereocenters. The zero-order valence-electron chi connectivity index (χ0n) is 21.4. The number of anilines is 2. The molecule has 9 heteroatoms. The molecule has 0 spiro atoms. The number of esters is 1. The molecule has 1 aromatic heterocycles. The third-order valence-electron chi connectivity index (χ3n) is 6.43. The number of hydrogen-bond donors (Lipinski definition) is 1. The molecule has 196 valence electrons. The Bertz CT molecular complexity index is 1380. The van der Waals surface area contributed by atoms with Crippen molar-refractivity contribution in [3.05, 3.63) is 75.7 Å². The number of fused-ring (bicyclic) bond motifs is 1. The monoisotopic (exact) mass is 540 g/mol. The Morgan fingerprint density at radius 2 is 1.68 bits per heavy atom. The number of thiophene rings is 1. The molecule has 0 aliphatic heterocycles. The highest BCUT2D eigenvalue weighted by molar-refractivity contribution is 7.92. The van der Waals surface area contributed by atoms with Gasteiger partial charge in [0.05, 0.1) is 22.8 Å². The lowest BCUT2D eigenvalue weighted by Crippen LogP contribution is -2.38. The van der Waals surface area contributed by atoms with E-state index in [9.17, 15) is 18.0 Å². The average Bonchev–Trinajstić information content (AvgIpc) is 3.25. The fraction of sp³-hybridized carbons (Fsp3) is 0.357. The smallest absolute Gasteiger partial charge is 0.341 e. The van der Waals surface area contributed by atoms with Gasteiger partial charge in [-0.25, -0.2) is 13.2 Å². The van der Waals surface area contributed by atoms with E-state index < -0.39 is 28.4 Å². The van der Waals surface area contributed by atoms with Crippen molar-refractivity contribution in [2.45, 2.75) is 57.8 Å². The van der Waals surface area contributed by atoms with Gasteiger partial charge in [0.1, 0.15) is 11.5 Å². The van der Waals surface area contributed by atoms with E-state index in [1.54, 1.807) is 43.3 Å². The van der Waals surface area contributed by atoms with E-state index in [0.29, 0.717) is 16.3 Å². The van der Waals surface area contributed by atoms with Crippen LogP contribution in [0.1, 0.15) is 58.6 Å². The minimum absolute atomic E-state index is 0.101. The summed E-state index contributed by atoms with van der Waals surface area (Å²) in [5.74, 6) is -0.990. The number of amides is 1. The van der Waals surface area contributed by atoms with Gasteiger partial charge in [-0.05, 0) is 81.3 Å². The molecular weight excluding hydrogens is 508 g/mol. The molecule has 1 aliphatic rings. The first-order chi connectivity index (χ1) is 17.7. The first kappa shape index (κ1) is 26.9. The van der Waals surface area contributed by atoms with Gasteiger partial charge in [0.25, 0.3) is 10.0 Å². The molecule has 0 saturated heterocycles. The maximum atomic E-state index is 13.7. The van der Waals surface area contributed by atoms with Gasteiger partial charge in [-0.15, -0.1) is 11.3 Å². The van der Waals surface area contributed by atoms with E-state index in [1.807, 2.05) is 26.0 Å². The van der Waals surface area contributed by atoms with Gasteiger partial charge in [-0.1, -0.05) is 36.8 Å². The molecule has 1 heterocycles. The molecule has 0 bridgehead atoms. The van der Waals surface area contributed by atoms with Crippen molar-refractivity contribution >= 4 is 43.9 Å². The molecule has 1 N–H and O–H groups in total. The van der Waals surface area contributed by atoms with Crippen LogP contribution in [-0.2, 0) is 38.8 Å². The average molecular weight is 541 g/mol. The van der Waals surface area contributed by atoms with E-state index in [2.05, 4.69) is 5.32 Å². The summed E-state index contributed by atoms with van der Waals surface area (Å²) in [7, 11) is -4.03. The maximum Gasteiger partial charge on any atom is 0.341 e. The Balaban J connectivity index is 1.67. The van der Waals surface area contributed by atoms with E-state index in [1.165, 1.54) is 11.3 Å². The van der Waals surface area contributed by atoms with E-state index in [-0.39, 0.29) is 11.5 Å². The van der Waals surface area contributed by atoms with Crippen LogP contribution in [0.15, 0.2) is 53.4 Å². The number of aryl methyl sites for hydroxylation is 3. The number of nitrogens with one attached hydrogen (secondary N) is 1. The van der Waals surface area contributed by atoms with Crippen molar-refractivity contribution in [2.24, 2.45) is 0 Å². The highest BCUT2D eigenvalue weighted by atomic mass is 32.2. The SMILES string of the molecule is CCOC(=O)c1c(NC(=O)CN(c2ccc(CC)cc2)S(=O)(=O)c2ccc(C)cc2)sc2c1CCCC2. The molecule has 0 fully saturated rings. The molecule has 7 nitrogen and oxygen atoms in total. The van der Waals surface area contributed by atoms with Crippen LogP contribution < -0.4 is 9.62 Å². The predicted molar refractivity (Wildman–Crippen MR) is 147 cm³/mol. The first-order valence-electron chi connectivity index (χ1n) is 12.5. The third kappa shape index (κ3) is 5.88. The standard InChI is InChI=1S/C28H32N2O5S2/c1-4-20-12-14-21(15-13-20)30(37(33,34)22-16-10-19(3)11-17-22)18-25(31)29-27-26(28(32)35-5-2)23-8-6-7-9-24(23)36-27/h10-17H,4-9,18H2,1-3H3,(H,29,31). The lowest BCUT2D eigenvalue weighted by Gasteiger charge is -2.24. The number of rotatable bonds is 9. The van der Waals surface area contributed by atoms with E-state index in [0.717, 1.165) is 58.0 Å². The Morgan fingerprint density at radius 3 is 2.32 bits per heavy atom. The lowest BCUT2D eigenvalue weighted by molar-refractivity contribution is -0.114. The molecule has 4 rings (SSSR count). The van der Waals surface area contributed by atoms with Crippen LogP contribution in [0, 0.1) is 6.92 Å². The summed E-state index contributed by atoms with van der Waals surface area (Å²) in [4.78, 5) is 27.3. The van der Waals surface area contributed by atoms with Crippen molar-refractivity contribution in [2.75, 3.05) is 22.8 Å². The molecular formula is C28H32N2O5S2.